The first-order valence-electron chi connectivity index (χ1n) is 5.96. The third kappa shape index (κ3) is 3.48. The van der Waals surface area contributed by atoms with Crippen LogP contribution in [0.1, 0.15) is 25.3 Å². The van der Waals surface area contributed by atoms with Crippen LogP contribution >= 0.6 is 11.8 Å². The Morgan fingerprint density at radius 2 is 2.35 bits per heavy atom. The standard InChI is InChI=1S/C13H18N2OS/c1-9(14)3-2-4-10-5-6-11-12(7-10)17-8-13(16)15-11/h5-7,9H,2-4,8,14H2,1H3,(H,15,16). The van der Waals surface area contributed by atoms with Crippen molar-refractivity contribution < 1.29 is 4.79 Å². The number of amides is 1. The molecule has 1 aromatic carbocycles. The number of nitrogens with one attached hydrogen (secondary N) is 1. The molecule has 0 spiro atoms. The number of benzene rings is 1. The summed E-state index contributed by atoms with van der Waals surface area (Å²) in [6, 6.07) is 6.55. The summed E-state index contributed by atoms with van der Waals surface area (Å²) in [5.41, 5.74) is 8.00. The summed E-state index contributed by atoms with van der Waals surface area (Å²) in [5.74, 6) is 0.614. The Hall–Kier alpha value is -1.00. The van der Waals surface area contributed by atoms with Crippen molar-refractivity contribution in [3.63, 3.8) is 0 Å². The molecular weight excluding hydrogens is 232 g/mol. The van der Waals surface area contributed by atoms with E-state index in [9.17, 15) is 4.79 Å². The minimum atomic E-state index is 0.0900. The first-order chi connectivity index (χ1) is 8.15. The van der Waals surface area contributed by atoms with E-state index in [0.717, 1.165) is 24.9 Å². The van der Waals surface area contributed by atoms with Crippen LogP contribution in [0.15, 0.2) is 23.1 Å². The fourth-order valence-electron chi connectivity index (χ4n) is 1.90. The van der Waals surface area contributed by atoms with Gasteiger partial charge in [-0.2, -0.15) is 0 Å². The lowest BCUT2D eigenvalue weighted by atomic mass is 10.1. The monoisotopic (exact) mass is 250 g/mol. The minimum Gasteiger partial charge on any atom is -0.328 e. The van der Waals surface area contributed by atoms with E-state index in [1.54, 1.807) is 11.8 Å². The van der Waals surface area contributed by atoms with E-state index in [-0.39, 0.29) is 11.9 Å². The van der Waals surface area contributed by atoms with Crippen molar-refractivity contribution in [1.29, 1.82) is 0 Å². The normalized spacial score (nSPS) is 16.2. The Kier molecular flexibility index (Phi) is 4.07. The summed E-state index contributed by atoms with van der Waals surface area (Å²) in [4.78, 5) is 12.4. The zero-order chi connectivity index (χ0) is 12.3. The van der Waals surface area contributed by atoms with Crippen LogP contribution in [-0.4, -0.2) is 17.7 Å². The summed E-state index contributed by atoms with van der Waals surface area (Å²) in [6.45, 7) is 2.04. The smallest absolute Gasteiger partial charge is 0.234 e. The molecule has 4 heteroatoms. The molecular formula is C13H18N2OS. The summed E-state index contributed by atoms with van der Waals surface area (Å²) < 4.78 is 0. The molecule has 0 aromatic heterocycles. The largest absolute Gasteiger partial charge is 0.328 e. The molecule has 2 rings (SSSR count). The fourth-order valence-corrected chi connectivity index (χ4v) is 2.77. The van der Waals surface area contributed by atoms with Gasteiger partial charge in [-0.05, 0) is 43.9 Å². The number of fused-ring (bicyclic) bond motifs is 1. The van der Waals surface area contributed by atoms with Crippen LogP contribution in [0.3, 0.4) is 0 Å². The Morgan fingerprint density at radius 3 is 3.12 bits per heavy atom. The maximum absolute atomic E-state index is 11.2. The van der Waals surface area contributed by atoms with E-state index < -0.39 is 0 Å². The second-order valence-electron chi connectivity index (χ2n) is 4.54. The maximum Gasteiger partial charge on any atom is 0.234 e. The van der Waals surface area contributed by atoms with Crippen LogP contribution in [0.5, 0.6) is 0 Å². The minimum absolute atomic E-state index is 0.0900. The van der Waals surface area contributed by atoms with Gasteiger partial charge in [-0.3, -0.25) is 4.79 Å². The molecule has 1 aromatic rings. The van der Waals surface area contributed by atoms with E-state index in [2.05, 4.69) is 17.4 Å². The fraction of sp³-hybridized carbons (Fsp3) is 0.462. The predicted octanol–water partition coefficient (Wildman–Crippen LogP) is 2.40. The quantitative estimate of drug-likeness (QED) is 0.862. The lowest BCUT2D eigenvalue weighted by molar-refractivity contribution is -0.113. The first kappa shape index (κ1) is 12.5. The number of hydrogen-bond acceptors (Lipinski definition) is 3. The number of anilines is 1. The molecule has 0 radical (unpaired) electrons. The summed E-state index contributed by atoms with van der Waals surface area (Å²) in [6.07, 6.45) is 3.23. The van der Waals surface area contributed by atoms with Gasteiger partial charge in [0.1, 0.15) is 0 Å². The molecule has 0 saturated heterocycles. The number of nitrogens with two attached hydrogens (primary N) is 1. The number of aryl methyl sites for hydroxylation is 1. The molecule has 1 aliphatic heterocycles. The highest BCUT2D eigenvalue weighted by molar-refractivity contribution is 8.00. The highest BCUT2D eigenvalue weighted by Gasteiger charge is 2.15. The van der Waals surface area contributed by atoms with Gasteiger partial charge in [0.05, 0.1) is 11.4 Å². The van der Waals surface area contributed by atoms with Gasteiger partial charge >= 0.3 is 0 Å². The highest BCUT2D eigenvalue weighted by Crippen LogP contribution is 2.32. The molecule has 1 heterocycles. The van der Waals surface area contributed by atoms with Crippen LogP contribution < -0.4 is 11.1 Å². The van der Waals surface area contributed by atoms with E-state index in [4.69, 9.17) is 5.73 Å². The van der Waals surface area contributed by atoms with E-state index in [0.29, 0.717) is 5.75 Å². The zero-order valence-corrected chi connectivity index (χ0v) is 10.8. The first-order valence-corrected chi connectivity index (χ1v) is 6.95. The van der Waals surface area contributed by atoms with Gasteiger partial charge in [-0.15, -0.1) is 11.8 Å². The summed E-state index contributed by atoms with van der Waals surface area (Å²) >= 11 is 1.61. The molecule has 17 heavy (non-hydrogen) atoms. The Morgan fingerprint density at radius 1 is 1.53 bits per heavy atom. The molecule has 1 unspecified atom stereocenters. The van der Waals surface area contributed by atoms with E-state index in [1.807, 2.05) is 13.0 Å². The third-order valence-electron chi connectivity index (χ3n) is 2.80. The molecule has 0 aliphatic carbocycles. The zero-order valence-electron chi connectivity index (χ0n) is 10.0. The third-order valence-corrected chi connectivity index (χ3v) is 3.86. The van der Waals surface area contributed by atoms with Gasteiger partial charge in [0.15, 0.2) is 0 Å². The second kappa shape index (κ2) is 5.56. The molecule has 0 fully saturated rings. The lowest BCUT2D eigenvalue weighted by Gasteiger charge is -2.17. The maximum atomic E-state index is 11.2. The molecule has 3 N–H and O–H groups in total. The lowest BCUT2D eigenvalue weighted by Crippen LogP contribution is -2.18. The number of hydrogen-bond donors (Lipinski definition) is 2. The van der Waals surface area contributed by atoms with Crippen LogP contribution in [0.25, 0.3) is 0 Å². The average Bonchev–Trinajstić information content (AvgIpc) is 2.29. The predicted molar refractivity (Wildman–Crippen MR) is 72.4 cm³/mol. The van der Waals surface area contributed by atoms with Crippen molar-refractivity contribution in [2.45, 2.75) is 37.1 Å². The number of thioether (sulfide) groups is 1. The van der Waals surface area contributed by atoms with Gasteiger partial charge in [-0.1, -0.05) is 6.07 Å². The summed E-state index contributed by atoms with van der Waals surface area (Å²) in [5, 5.41) is 2.88. The highest BCUT2D eigenvalue weighted by atomic mass is 32.2. The number of carbonyl (C=O) groups excluding carboxylic acids is 1. The van der Waals surface area contributed by atoms with Crippen molar-refractivity contribution in [2.75, 3.05) is 11.1 Å². The molecule has 1 amide bonds. The van der Waals surface area contributed by atoms with Crippen molar-refractivity contribution in [3.05, 3.63) is 23.8 Å². The molecule has 1 aliphatic rings. The Balaban J connectivity index is 1.99. The van der Waals surface area contributed by atoms with Gasteiger partial charge in [0.2, 0.25) is 5.91 Å². The van der Waals surface area contributed by atoms with Gasteiger partial charge in [-0.25, -0.2) is 0 Å². The second-order valence-corrected chi connectivity index (χ2v) is 5.55. The van der Waals surface area contributed by atoms with E-state index in [1.165, 1.54) is 10.5 Å². The van der Waals surface area contributed by atoms with E-state index >= 15 is 0 Å². The van der Waals surface area contributed by atoms with Crippen molar-refractivity contribution in [2.24, 2.45) is 5.73 Å². The van der Waals surface area contributed by atoms with Gasteiger partial charge in [0.25, 0.3) is 0 Å². The molecule has 0 saturated carbocycles. The summed E-state index contributed by atoms with van der Waals surface area (Å²) in [7, 11) is 0. The number of rotatable bonds is 4. The van der Waals surface area contributed by atoms with Crippen molar-refractivity contribution in [1.82, 2.24) is 0 Å². The van der Waals surface area contributed by atoms with Crippen LogP contribution in [0, 0.1) is 0 Å². The van der Waals surface area contributed by atoms with Crippen LogP contribution in [-0.2, 0) is 11.2 Å². The average molecular weight is 250 g/mol. The molecule has 3 nitrogen and oxygen atoms in total. The van der Waals surface area contributed by atoms with Crippen molar-refractivity contribution in [3.8, 4) is 0 Å². The van der Waals surface area contributed by atoms with Gasteiger partial charge < -0.3 is 11.1 Å². The SMILES string of the molecule is CC(N)CCCc1ccc2c(c1)SCC(=O)N2. The van der Waals surface area contributed by atoms with Crippen LogP contribution in [0.2, 0.25) is 0 Å². The van der Waals surface area contributed by atoms with Crippen LogP contribution in [0.4, 0.5) is 5.69 Å². The topological polar surface area (TPSA) is 55.1 Å². The van der Waals surface area contributed by atoms with Gasteiger partial charge in [0, 0.05) is 10.9 Å². The molecule has 0 bridgehead atoms. The van der Waals surface area contributed by atoms with Crippen molar-refractivity contribution >= 4 is 23.4 Å². The molecule has 1 atom stereocenters. The Labute approximate surface area is 106 Å². The Bertz CT molecular complexity index is 418. The number of carbonyl (C=O) groups is 1. The molecule has 92 valence electrons.